The van der Waals surface area contributed by atoms with E-state index in [1.807, 2.05) is 6.07 Å². The molecule has 2 heterocycles. The van der Waals surface area contributed by atoms with Crippen LogP contribution in [0.3, 0.4) is 0 Å². The van der Waals surface area contributed by atoms with Crippen molar-refractivity contribution >= 4 is 60.8 Å². The molecule has 10 aromatic carbocycles. The summed E-state index contributed by atoms with van der Waals surface area (Å²) in [5.41, 5.74) is 17.8. The fourth-order valence-electron chi connectivity index (χ4n) is 9.50. The summed E-state index contributed by atoms with van der Waals surface area (Å²) in [5, 5.41) is 4.73. The van der Waals surface area contributed by atoms with Crippen molar-refractivity contribution in [3.8, 4) is 50.2 Å². The van der Waals surface area contributed by atoms with Crippen LogP contribution in [0, 0.1) is 0 Å². The topological polar surface area (TPSA) is 21.3 Å². The van der Waals surface area contributed by atoms with Gasteiger partial charge in [0.1, 0.15) is 11.2 Å². The second-order valence-corrected chi connectivity index (χ2v) is 16.1. The molecule has 63 heavy (non-hydrogen) atoms. The van der Waals surface area contributed by atoms with E-state index in [1.54, 1.807) is 0 Å². The Morgan fingerprint density at radius 1 is 0.302 bits per heavy atom. The highest BCUT2D eigenvalue weighted by Gasteiger charge is 2.21. The molecule has 0 unspecified atom stereocenters. The molecule has 0 atom stereocenters. The normalized spacial score (nSPS) is 11.5. The molecule has 0 spiro atoms. The number of aromatic nitrogens is 1. The number of para-hydroxylation sites is 5. The van der Waals surface area contributed by atoms with Gasteiger partial charge in [0, 0.05) is 44.0 Å². The Balaban J connectivity index is 0.989. The lowest BCUT2D eigenvalue weighted by Crippen LogP contribution is -2.11. The molecule has 0 N–H and O–H groups in total. The van der Waals surface area contributed by atoms with Gasteiger partial charge in [-0.3, -0.25) is 0 Å². The maximum atomic E-state index is 6.40. The Hall–Kier alpha value is -8.40. The minimum atomic E-state index is 0.879. The van der Waals surface area contributed by atoms with Gasteiger partial charge in [-0.15, -0.1) is 0 Å². The van der Waals surface area contributed by atoms with Crippen LogP contribution in [0.1, 0.15) is 0 Å². The van der Waals surface area contributed by atoms with E-state index in [1.165, 1.54) is 49.6 Å². The fraction of sp³-hybridized carbons (Fsp3) is 0. The minimum absolute atomic E-state index is 0.879. The Bertz CT molecular complexity index is 3550. The van der Waals surface area contributed by atoms with Gasteiger partial charge >= 0.3 is 0 Å². The molecule has 0 bridgehead atoms. The predicted octanol–water partition coefficient (Wildman–Crippen LogP) is 16.8. The summed E-state index contributed by atoms with van der Waals surface area (Å²) in [6, 6.07) is 87.1. The van der Waals surface area contributed by atoms with Gasteiger partial charge in [-0.05, 0) is 94.0 Å². The molecule has 0 amide bonds. The highest BCUT2D eigenvalue weighted by molar-refractivity contribution is 6.14. The summed E-state index contributed by atoms with van der Waals surface area (Å²) in [4.78, 5) is 2.39. The molecule has 2 aromatic heterocycles. The second kappa shape index (κ2) is 15.3. The number of anilines is 3. The van der Waals surface area contributed by atoms with Crippen LogP contribution < -0.4 is 4.90 Å². The van der Waals surface area contributed by atoms with E-state index in [-0.39, 0.29) is 0 Å². The van der Waals surface area contributed by atoms with Crippen molar-refractivity contribution in [3.05, 3.63) is 243 Å². The highest BCUT2D eigenvalue weighted by Crippen LogP contribution is 2.46. The summed E-state index contributed by atoms with van der Waals surface area (Å²) < 4.78 is 8.81. The van der Waals surface area contributed by atoms with E-state index in [9.17, 15) is 0 Å². The molecular formula is C60H40N2O. The number of nitrogens with zero attached hydrogens (tertiary/aromatic N) is 2. The van der Waals surface area contributed by atoms with Crippen LogP contribution in [0.2, 0.25) is 0 Å². The molecule has 0 aliphatic carbocycles. The van der Waals surface area contributed by atoms with Crippen molar-refractivity contribution in [2.45, 2.75) is 0 Å². The molecule has 3 heteroatoms. The Morgan fingerprint density at radius 2 is 0.762 bits per heavy atom. The van der Waals surface area contributed by atoms with E-state index in [0.29, 0.717) is 0 Å². The summed E-state index contributed by atoms with van der Waals surface area (Å²) in [7, 11) is 0. The van der Waals surface area contributed by atoms with Crippen molar-refractivity contribution < 1.29 is 4.42 Å². The molecule has 12 aromatic rings. The van der Waals surface area contributed by atoms with Crippen molar-refractivity contribution in [3.63, 3.8) is 0 Å². The molecule has 12 rings (SSSR count). The molecule has 0 saturated heterocycles. The van der Waals surface area contributed by atoms with Gasteiger partial charge in [0.2, 0.25) is 0 Å². The third-order valence-electron chi connectivity index (χ3n) is 12.5. The van der Waals surface area contributed by atoms with Crippen LogP contribution in [0.25, 0.3) is 93.9 Å². The van der Waals surface area contributed by atoms with Crippen LogP contribution in [0.5, 0.6) is 0 Å². The Morgan fingerprint density at radius 3 is 1.43 bits per heavy atom. The Kier molecular flexibility index (Phi) is 8.83. The van der Waals surface area contributed by atoms with Gasteiger partial charge in [0.05, 0.1) is 22.4 Å². The van der Waals surface area contributed by atoms with Crippen molar-refractivity contribution in [2.75, 3.05) is 4.90 Å². The summed E-state index contributed by atoms with van der Waals surface area (Å²) in [5.74, 6) is 0. The van der Waals surface area contributed by atoms with E-state index in [2.05, 4.69) is 246 Å². The summed E-state index contributed by atoms with van der Waals surface area (Å²) >= 11 is 0. The number of benzene rings is 10. The number of hydrogen-bond acceptors (Lipinski definition) is 2. The highest BCUT2D eigenvalue weighted by atomic mass is 16.3. The van der Waals surface area contributed by atoms with Crippen LogP contribution in [-0.4, -0.2) is 4.57 Å². The van der Waals surface area contributed by atoms with Gasteiger partial charge in [-0.1, -0.05) is 182 Å². The number of hydrogen-bond donors (Lipinski definition) is 0. The van der Waals surface area contributed by atoms with Gasteiger partial charge < -0.3 is 13.9 Å². The molecule has 0 aliphatic rings. The van der Waals surface area contributed by atoms with Crippen molar-refractivity contribution in [1.29, 1.82) is 0 Å². The van der Waals surface area contributed by atoms with Gasteiger partial charge in [-0.25, -0.2) is 0 Å². The lowest BCUT2D eigenvalue weighted by molar-refractivity contribution is 0.669. The van der Waals surface area contributed by atoms with Crippen LogP contribution >= 0.6 is 0 Å². The van der Waals surface area contributed by atoms with Gasteiger partial charge in [0.15, 0.2) is 0 Å². The smallest absolute Gasteiger partial charge is 0.136 e. The zero-order chi connectivity index (χ0) is 41.7. The van der Waals surface area contributed by atoms with Gasteiger partial charge in [-0.2, -0.15) is 0 Å². The summed E-state index contributed by atoms with van der Waals surface area (Å²) in [6.45, 7) is 0. The van der Waals surface area contributed by atoms with E-state index in [0.717, 1.165) is 61.4 Å². The molecule has 0 radical (unpaired) electrons. The second-order valence-electron chi connectivity index (χ2n) is 16.1. The van der Waals surface area contributed by atoms with Crippen molar-refractivity contribution in [1.82, 2.24) is 4.57 Å². The first kappa shape index (κ1) is 36.5. The standard InChI is InChI=1S/C60H40N2O/c1-2-15-41(16-3-1)42-29-31-43(32-30-42)44-33-37-46(38-34-44)61(55-24-10-7-20-51(55)52-22-14-28-59-60(52)53-21-8-13-27-58(53)63-59)47-39-35-45(36-40-47)48-17-4-9-23-54(48)62-56-25-11-5-18-49(56)50-19-6-12-26-57(50)62/h1-40H. The first-order valence-electron chi connectivity index (χ1n) is 21.5. The van der Waals surface area contributed by atoms with Gasteiger partial charge in [0.25, 0.3) is 0 Å². The van der Waals surface area contributed by atoms with E-state index < -0.39 is 0 Å². The maximum Gasteiger partial charge on any atom is 0.136 e. The average molecular weight is 805 g/mol. The molecular weight excluding hydrogens is 765 g/mol. The lowest BCUT2D eigenvalue weighted by Gasteiger charge is -2.28. The zero-order valence-corrected chi connectivity index (χ0v) is 34.4. The first-order chi connectivity index (χ1) is 31.3. The number of fused-ring (bicyclic) bond motifs is 6. The lowest BCUT2D eigenvalue weighted by atomic mass is 9.96. The summed E-state index contributed by atoms with van der Waals surface area (Å²) in [6.07, 6.45) is 0. The molecule has 0 aliphatic heterocycles. The third-order valence-corrected chi connectivity index (χ3v) is 12.5. The maximum absolute atomic E-state index is 6.40. The third kappa shape index (κ3) is 6.29. The monoisotopic (exact) mass is 804 g/mol. The SMILES string of the molecule is c1ccc(-c2ccc(-c3ccc(N(c4ccc(-c5ccccc5-n5c6ccccc6c6ccccc65)cc4)c4ccccc4-c4cccc5oc6ccccc6c45)cc3)cc2)cc1. The van der Waals surface area contributed by atoms with Crippen LogP contribution in [0.15, 0.2) is 247 Å². The predicted molar refractivity (Wildman–Crippen MR) is 264 cm³/mol. The Labute approximate surface area is 366 Å². The minimum Gasteiger partial charge on any atom is -0.456 e. The fourth-order valence-corrected chi connectivity index (χ4v) is 9.50. The van der Waals surface area contributed by atoms with E-state index in [4.69, 9.17) is 4.42 Å². The van der Waals surface area contributed by atoms with Crippen LogP contribution in [0.4, 0.5) is 17.1 Å². The zero-order valence-electron chi connectivity index (χ0n) is 34.4. The molecule has 0 saturated carbocycles. The molecule has 296 valence electrons. The average Bonchev–Trinajstić information content (AvgIpc) is 3.91. The number of furan rings is 1. The number of rotatable bonds is 8. The largest absolute Gasteiger partial charge is 0.456 e. The van der Waals surface area contributed by atoms with E-state index >= 15 is 0 Å². The van der Waals surface area contributed by atoms with Crippen molar-refractivity contribution in [2.24, 2.45) is 0 Å². The first-order valence-corrected chi connectivity index (χ1v) is 21.5. The quantitative estimate of drug-likeness (QED) is 0.153. The molecule has 0 fully saturated rings. The molecule has 3 nitrogen and oxygen atoms in total. The van der Waals surface area contributed by atoms with Crippen LogP contribution in [-0.2, 0) is 0 Å².